The number of pyridine rings is 2. The molecule has 3 aliphatic rings. The van der Waals surface area contributed by atoms with Crippen LogP contribution in [0.2, 0.25) is 0 Å². The molecule has 1 saturated heterocycles. The van der Waals surface area contributed by atoms with E-state index in [4.69, 9.17) is 28.9 Å². The van der Waals surface area contributed by atoms with Gasteiger partial charge in [-0.2, -0.15) is 0 Å². The fraction of sp³-hybridized carbons (Fsp3) is 0.583. The fourth-order valence-corrected chi connectivity index (χ4v) is 3.84. The van der Waals surface area contributed by atoms with Crippen molar-refractivity contribution >= 4 is 0 Å². The first-order valence-electron chi connectivity index (χ1n) is 11.5. The molecule has 1 fully saturated rings. The number of nitrogens with zero attached hydrogens (tertiary/aromatic N) is 4. The quantitative estimate of drug-likeness (QED) is 0.612. The number of hydrogen-bond donors (Lipinski definition) is 0. The van der Waals surface area contributed by atoms with E-state index in [9.17, 15) is 0 Å². The largest absolute Gasteiger partial charge is 0.378 e. The third-order valence-corrected chi connectivity index (χ3v) is 5.60. The van der Waals surface area contributed by atoms with Gasteiger partial charge in [0.1, 0.15) is 0 Å². The molecule has 5 heterocycles. The summed E-state index contributed by atoms with van der Waals surface area (Å²) < 4.78 is 23.3. The average molecular weight is 443 g/mol. The van der Waals surface area contributed by atoms with Crippen LogP contribution in [0.15, 0.2) is 36.4 Å². The lowest BCUT2D eigenvalue weighted by molar-refractivity contribution is 0.00597. The molecule has 6 bridgehead atoms. The van der Waals surface area contributed by atoms with Crippen molar-refractivity contribution in [2.45, 2.75) is 13.1 Å². The molecule has 3 aliphatic heterocycles. The lowest BCUT2D eigenvalue weighted by Crippen LogP contribution is -2.33. The van der Waals surface area contributed by atoms with E-state index < -0.39 is 0 Å². The summed E-state index contributed by atoms with van der Waals surface area (Å²) in [5.41, 5.74) is 3.84. The molecular weight excluding hydrogens is 408 g/mol. The molecule has 32 heavy (non-hydrogen) atoms. The van der Waals surface area contributed by atoms with Crippen molar-refractivity contribution in [1.29, 1.82) is 0 Å². The zero-order valence-corrected chi connectivity index (χ0v) is 18.8. The van der Waals surface area contributed by atoms with E-state index >= 15 is 0 Å². The molecule has 2 aromatic rings. The lowest BCUT2D eigenvalue weighted by atomic mass is 10.2. The molecule has 0 aromatic carbocycles. The van der Waals surface area contributed by atoms with Gasteiger partial charge in [-0.3, -0.25) is 9.80 Å². The lowest BCUT2D eigenvalue weighted by Gasteiger charge is -2.24. The Morgan fingerprint density at radius 1 is 0.500 bits per heavy atom. The monoisotopic (exact) mass is 442 g/mol. The van der Waals surface area contributed by atoms with Crippen molar-refractivity contribution in [3.8, 4) is 11.4 Å². The molecule has 0 spiro atoms. The van der Waals surface area contributed by atoms with Crippen molar-refractivity contribution in [2.24, 2.45) is 0 Å². The summed E-state index contributed by atoms with van der Waals surface area (Å²) in [6.07, 6.45) is 0. The van der Waals surface area contributed by atoms with Gasteiger partial charge in [-0.05, 0) is 24.3 Å². The Balaban J connectivity index is 1.62. The molecule has 8 nitrogen and oxygen atoms in total. The van der Waals surface area contributed by atoms with Gasteiger partial charge in [-0.15, -0.1) is 0 Å². The molecule has 0 radical (unpaired) electrons. The third-order valence-electron chi connectivity index (χ3n) is 5.60. The van der Waals surface area contributed by atoms with Crippen LogP contribution < -0.4 is 0 Å². The number of fused-ring (bicyclic) bond motifs is 14. The molecule has 5 rings (SSSR count). The first-order chi connectivity index (χ1) is 15.9. The highest BCUT2D eigenvalue weighted by Gasteiger charge is 2.12. The number of hydrogen-bond acceptors (Lipinski definition) is 8. The molecule has 0 amide bonds. The SMILES string of the molecule is c1cc2nc(c1)-c1cccc(n1)CN1CCOCCOCCN(CCOCCOCC1)C2. The second-order valence-electron chi connectivity index (χ2n) is 8.03. The topological polar surface area (TPSA) is 69.2 Å². The second kappa shape index (κ2) is 12.9. The molecule has 0 N–H and O–H groups in total. The van der Waals surface area contributed by atoms with E-state index in [1.54, 1.807) is 0 Å². The van der Waals surface area contributed by atoms with Gasteiger partial charge < -0.3 is 18.9 Å². The van der Waals surface area contributed by atoms with Crippen molar-refractivity contribution in [3.05, 3.63) is 47.8 Å². The number of ether oxygens (including phenoxy) is 4. The van der Waals surface area contributed by atoms with Gasteiger partial charge in [0.05, 0.1) is 75.6 Å². The number of aromatic nitrogens is 2. The molecule has 0 aliphatic carbocycles. The minimum Gasteiger partial charge on any atom is -0.378 e. The Kier molecular flexibility index (Phi) is 9.39. The Morgan fingerprint density at radius 3 is 1.25 bits per heavy atom. The smallest absolute Gasteiger partial charge is 0.0890 e. The molecule has 0 saturated carbocycles. The molecule has 0 unspecified atom stereocenters. The van der Waals surface area contributed by atoms with Crippen molar-refractivity contribution in [1.82, 2.24) is 19.8 Å². The predicted molar refractivity (Wildman–Crippen MR) is 121 cm³/mol. The van der Waals surface area contributed by atoms with E-state index in [2.05, 4.69) is 34.1 Å². The summed E-state index contributed by atoms with van der Waals surface area (Å²) >= 11 is 0. The van der Waals surface area contributed by atoms with Gasteiger partial charge in [-0.1, -0.05) is 12.1 Å². The van der Waals surface area contributed by atoms with Crippen molar-refractivity contribution in [2.75, 3.05) is 79.0 Å². The van der Waals surface area contributed by atoms with Crippen LogP contribution in [0.5, 0.6) is 0 Å². The Bertz CT molecular complexity index is 735. The zero-order valence-electron chi connectivity index (χ0n) is 18.8. The van der Waals surface area contributed by atoms with Crippen LogP contribution in [-0.2, 0) is 32.0 Å². The van der Waals surface area contributed by atoms with Gasteiger partial charge >= 0.3 is 0 Å². The maximum absolute atomic E-state index is 5.82. The van der Waals surface area contributed by atoms with Crippen LogP contribution in [0.4, 0.5) is 0 Å². The minimum absolute atomic E-state index is 0.602. The van der Waals surface area contributed by atoms with Crippen LogP contribution in [0.1, 0.15) is 11.4 Å². The van der Waals surface area contributed by atoms with Gasteiger partial charge in [0.2, 0.25) is 0 Å². The van der Waals surface area contributed by atoms with Gasteiger partial charge in [0.25, 0.3) is 0 Å². The fourth-order valence-electron chi connectivity index (χ4n) is 3.84. The summed E-state index contributed by atoms with van der Waals surface area (Å²) in [4.78, 5) is 14.5. The van der Waals surface area contributed by atoms with Crippen molar-refractivity contribution in [3.63, 3.8) is 0 Å². The normalized spacial score (nSPS) is 24.5. The van der Waals surface area contributed by atoms with Crippen molar-refractivity contribution < 1.29 is 18.9 Å². The van der Waals surface area contributed by atoms with Crippen LogP contribution in [-0.4, -0.2) is 98.8 Å². The molecule has 174 valence electrons. The van der Waals surface area contributed by atoms with E-state index in [0.717, 1.165) is 62.0 Å². The van der Waals surface area contributed by atoms with Crippen LogP contribution in [0.25, 0.3) is 11.4 Å². The molecular formula is C24H34N4O4. The molecule has 8 heteroatoms. The van der Waals surface area contributed by atoms with Crippen LogP contribution in [0.3, 0.4) is 0 Å². The third kappa shape index (κ3) is 7.58. The molecule has 0 atom stereocenters. The summed E-state index contributed by atoms with van der Waals surface area (Å²) in [5.74, 6) is 0. The standard InChI is InChI=1S/C24H34N4O4/c1-3-21-19-27-7-11-29-15-17-31-13-9-28(10-14-32-18-16-30-12-8-27)20-22-4-2-6-24(26-22)23(5-1)25-21/h1-6H,7-20H2. The van der Waals surface area contributed by atoms with E-state index in [0.29, 0.717) is 52.9 Å². The predicted octanol–water partition coefficient (Wildman–Crippen LogP) is 1.84. The Hall–Kier alpha value is -1.94. The summed E-state index contributed by atoms with van der Waals surface area (Å²) in [5, 5.41) is 0. The second-order valence-corrected chi connectivity index (χ2v) is 8.03. The average Bonchev–Trinajstić information content (AvgIpc) is 2.81. The Labute approximate surface area is 190 Å². The summed E-state index contributed by atoms with van der Waals surface area (Å²) in [6, 6.07) is 12.3. The highest BCUT2D eigenvalue weighted by molar-refractivity contribution is 5.54. The van der Waals surface area contributed by atoms with E-state index in [1.165, 1.54) is 0 Å². The Morgan fingerprint density at radius 2 is 0.875 bits per heavy atom. The first-order valence-corrected chi connectivity index (χ1v) is 11.5. The van der Waals surface area contributed by atoms with E-state index in [1.807, 2.05) is 12.1 Å². The van der Waals surface area contributed by atoms with E-state index in [-0.39, 0.29) is 0 Å². The van der Waals surface area contributed by atoms with Gasteiger partial charge in [0, 0.05) is 39.3 Å². The summed E-state index contributed by atoms with van der Waals surface area (Å²) in [6.45, 7) is 9.75. The molecule has 2 aromatic heterocycles. The minimum atomic E-state index is 0.602. The number of rotatable bonds is 0. The summed E-state index contributed by atoms with van der Waals surface area (Å²) in [7, 11) is 0. The van der Waals surface area contributed by atoms with Crippen LogP contribution >= 0.6 is 0 Å². The maximum atomic E-state index is 5.82. The highest BCUT2D eigenvalue weighted by Crippen LogP contribution is 2.17. The van der Waals surface area contributed by atoms with Gasteiger partial charge in [0.15, 0.2) is 0 Å². The first kappa shape index (κ1) is 23.2. The van der Waals surface area contributed by atoms with Crippen LogP contribution in [0, 0.1) is 0 Å². The zero-order chi connectivity index (χ0) is 21.8. The highest BCUT2D eigenvalue weighted by atomic mass is 16.5. The van der Waals surface area contributed by atoms with Gasteiger partial charge in [-0.25, -0.2) is 9.97 Å². The maximum Gasteiger partial charge on any atom is 0.0890 e.